The monoisotopic (exact) mass is 341 g/mol. The zero-order valence-electron chi connectivity index (χ0n) is 13.6. The van der Waals surface area contributed by atoms with E-state index in [1.807, 2.05) is 20.8 Å². The summed E-state index contributed by atoms with van der Waals surface area (Å²) in [6.07, 6.45) is -0.996. The van der Waals surface area contributed by atoms with Gasteiger partial charge in [0, 0.05) is 23.2 Å². The normalized spacial score (nSPS) is 15.6. The van der Waals surface area contributed by atoms with Crippen LogP contribution in [-0.4, -0.2) is 27.9 Å². The molecule has 1 saturated carbocycles. The summed E-state index contributed by atoms with van der Waals surface area (Å²) in [7, 11) is 0. The summed E-state index contributed by atoms with van der Waals surface area (Å²) in [6.45, 7) is 4.46. The Balaban J connectivity index is 1.90. The van der Waals surface area contributed by atoms with Gasteiger partial charge in [0.25, 0.3) is 5.89 Å². The van der Waals surface area contributed by atoms with E-state index >= 15 is 0 Å². The lowest BCUT2D eigenvalue weighted by Crippen LogP contribution is -2.19. The minimum atomic E-state index is -4.39. The van der Waals surface area contributed by atoms with Gasteiger partial charge in [-0.3, -0.25) is 4.98 Å². The molecule has 0 spiro atoms. The second-order valence-corrected chi connectivity index (χ2v) is 6.96. The average molecular weight is 341 g/mol. The van der Waals surface area contributed by atoms with E-state index in [2.05, 4.69) is 15.1 Å². The average Bonchev–Trinajstić information content (AvgIpc) is 3.18. The minimum absolute atomic E-state index is 0.166. The van der Waals surface area contributed by atoms with Crippen LogP contribution in [0.15, 0.2) is 16.8 Å². The molecule has 1 aliphatic carbocycles. The van der Waals surface area contributed by atoms with Crippen LogP contribution in [0.3, 0.4) is 0 Å². The molecule has 0 N–H and O–H groups in total. The Labute approximate surface area is 137 Å². The molecule has 2 aromatic rings. The highest BCUT2D eigenvalue weighted by Gasteiger charge is 2.32. The molecule has 0 unspecified atom stereocenters. The number of rotatable bonds is 4. The Hall–Kier alpha value is -2.12. The molecule has 0 aromatic carbocycles. The van der Waals surface area contributed by atoms with E-state index < -0.39 is 12.8 Å². The summed E-state index contributed by atoms with van der Waals surface area (Å²) in [5.41, 5.74) is 0.698. The molecule has 3 rings (SSSR count). The summed E-state index contributed by atoms with van der Waals surface area (Å²) in [4.78, 5) is 8.53. The van der Waals surface area contributed by atoms with Crippen molar-refractivity contribution >= 4 is 0 Å². The first-order valence-corrected chi connectivity index (χ1v) is 7.67. The predicted molar refractivity (Wildman–Crippen MR) is 79.8 cm³/mol. The van der Waals surface area contributed by atoms with E-state index in [0.717, 1.165) is 12.8 Å². The summed E-state index contributed by atoms with van der Waals surface area (Å²) in [6, 6.07) is 1.44. The third-order valence-electron chi connectivity index (χ3n) is 3.62. The number of aromatic nitrogens is 3. The van der Waals surface area contributed by atoms with Gasteiger partial charge in [0.2, 0.25) is 0 Å². The highest BCUT2D eigenvalue weighted by molar-refractivity contribution is 5.53. The van der Waals surface area contributed by atoms with E-state index in [-0.39, 0.29) is 23.0 Å². The van der Waals surface area contributed by atoms with Crippen molar-refractivity contribution in [1.82, 2.24) is 15.1 Å². The Morgan fingerprint density at radius 1 is 1.25 bits per heavy atom. The van der Waals surface area contributed by atoms with Crippen molar-refractivity contribution in [2.24, 2.45) is 0 Å². The molecule has 8 heteroatoms. The third kappa shape index (κ3) is 3.85. The van der Waals surface area contributed by atoms with Crippen LogP contribution < -0.4 is 4.74 Å². The van der Waals surface area contributed by atoms with Gasteiger partial charge >= 0.3 is 6.18 Å². The number of pyridine rings is 1. The van der Waals surface area contributed by atoms with Crippen molar-refractivity contribution in [3.05, 3.63) is 23.7 Å². The van der Waals surface area contributed by atoms with E-state index in [4.69, 9.17) is 9.26 Å². The molecule has 0 bridgehead atoms. The van der Waals surface area contributed by atoms with Crippen LogP contribution >= 0.6 is 0 Å². The molecular weight excluding hydrogens is 323 g/mol. The molecule has 0 atom stereocenters. The third-order valence-corrected chi connectivity index (χ3v) is 3.62. The van der Waals surface area contributed by atoms with E-state index in [1.54, 1.807) is 6.20 Å². The topological polar surface area (TPSA) is 61.0 Å². The number of hydrogen-bond donors (Lipinski definition) is 0. The van der Waals surface area contributed by atoms with E-state index in [1.165, 1.54) is 6.07 Å². The van der Waals surface area contributed by atoms with Gasteiger partial charge in [0.1, 0.15) is 11.4 Å². The van der Waals surface area contributed by atoms with Crippen LogP contribution in [0.1, 0.15) is 50.9 Å². The van der Waals surface area contributed by atoms with Crippen molar-refractivity contribution in [2.75, 3.05) is 6.61 Å². The Bertz CT molecular complexity index is 731. The maximum absolute atomic E-state index is 12.5. The fraction of sp³-hybridized carbons (Fsp3) is 0.562. The Morgan fingerprint density at radius 2 is 1.96 bits per heavy atom. The van der Waals surface area contributed by atoms with Gasteiger partial charge in [-0.15, -0.1) is 0 Å². The molecule has 0 radical (unpaired) electrons. The maximum Gasteiger partial charge on any atom is 0.422 e. The first-order chi connectivity index (χ1) is 11.1. The van der Waals surface area contributed by atoms with Gasteiger partial charge in [-0.1, -0.05) is 25.9 Å². The molecule has 1 fully saturated rings. The summed E-state index contributed by atoms with van der Waals surface area (Å²) in [5.74, 6) is 1.06. The van der Waals surface area contributed by atoms with Gasteiger partial charge in [-0.25, -0.2) is 0 Å². The van der Waals surface area contributed by atoms with Crippen molar-refractivity contribution in [2.45, 2.75) is 51.1 Å². The number of hydrogen-bond acceptors (Lipinski definition) is 5. The molecule has 0 amide bonds. The van der Waals surface area contributed by atoms with Crippen molar-refractivity contribution in [3.63, 3.8) is 0 Å². The summed E-state index contributed by atoms with van der Waals surface area (Å²) >= 11 is 0. The molecule has 2 heterocycles. The molecule has 24 heavy (non-hydrogen) atoms. The van der Waals surface area contributed by atoms with Crippen molar-refractivity contribution in [1.29, 1.82) is 0 Å². The molecule has 1 aliphatic rings. The molecular formula is C16H18F3N3O2. The standard InChI is InChI=1S/C16H18F3N3O2/c1-15(2,3)14-21-13(24-22-14)11-6-12(23-8-16(17,18)19)10(7-20-11)9-4-5-9/h6-7,9H,4-5,8H2,1-3H3. The lowest BCUT2D eigenvalue weighted by atomic mass is 9.96. The Kier molecular flexibility index (Phi) is 4.01. The lowest BCUT2D eigenvalue weighted by molar-refractivity contribution is -0.153. The fourth-order valence-corrected chi connectivity index (χ4v) is 2.18. The zero-order valence-corrected chi connectivity index (χ0v) is 13.6. The predicted octanol–water partition coefficient (Wildman–Crippen LogP) is 4.25. The zero-order chi connectivity index (χ0) is 17.5. The minimum Gasteiger partial charge on any atom is -0.484 e. The molecule has 2 aromatic heterocycles. The highest BCUT2D eigenvalue weighted by Crippen LogP contribution is 2.45. The smallest absolute Gasteiger partial charge is 0.422 e. The lowest BCUT2D eigenvalue weighted by Gasteiger charge is -2.13. The van der Waals surface area contributed by atoms with Crippen LogP contribution in [-0.2, 0) is 5.41 Å². The number of alkyl halides is 3. The summed E-state index contributed by atoms with van der Waals surface area (Å²) < 4.78 is 47.6. The van der Waals surface area contributed by atoms with Gasteiger partial charge < -0.3 is 9.26 Å². The van der Waals surface area contributed by atoms with Crippen LogP contribution in [0, 0.1) is 0 Å². The first kappa shape index (κ1) is 16.7. The van der Waals surface area contributed by atoms with Gasteiger partial charge in [-0.05, 0) is 18.8 Å². The maximum atomic E-state index is 12.5. The number of ether oxygens (including phenoxy) is 1. The Morgan fingerprint density at radius 3 is 2.50 bits per heavy atom. The van der Waals surface area contributed by atoms with E-state index in [0.29, 0.717) is 17.1 Å². The van der Waals surface area contributed by atoms with Gasteiger partial charge in [0.15, 0.2) is 12.4 Å². The van der Waals surface area contributed by atoms with Gasteiger partial charge in [-0.2, -0.15) is 18.2 Å². The molecule has 130 valence electrons. The van der Waals surface area contributed by atoms with Gasteiger partial charge in [0.05, 0.1) is 0 Å². The van der Waals surface area contributed by atoms with Crippen LogP contribution in [0.5, 0.6) is 5.75 Å². The largest absolute Gasteiger partial charge is 0.484 e. The second-order valence-electron chi connectivity index (χ2n) is 6.96. The number of halogens is 3. The quantitative estimate of drug-likeness (QED) is 0.832. The van der Waals surface area contributed by atoms with Crippen LogP contribution in [0.25, 0.3) is 11.6 Å². The van der Waals surface area contributed by atoms with Crippen molar-refractivity contribution in [3.8, 4) is 17.3 Å². The molecule has 5 nitrogen and oxygen atoms in total. The SMILES string of the molecule is CC(C)(C)c1noc(-c2cc(OCC(F)(F)F)c(C3CC3)cn2)n1. The molecule has 0 saturated heterocycles. The molecule has 0 aliphatic heterocycles. The highest BCUT2D eigenvalue weighted by atomic mass is 19.4. The van der Waals surface area contributed by atoms with Crippen LogP contribution in [0.2, 0.25) is 0 Å². The number of nitrogens with zero attached hydrogens (tertiary/aromatic N) is 3. The first-order valence-electron chi connectivity index (χ1n) is 7.67. The summed E-state index contributed by atoms with van der Waals surface area (Å²) in [5, 5.41) is 3.90. The fourth-order valence-electron chi connectivity index (χ4n) is 2.18. The van der Waals surface area contributed by atoms with E-state index in [9.17, 15) is 13.2 Å². The van der Waals surface area contributed by atoms with Crippen LogP contribution in [0.4, 0.5) is 13.2 Å². The second kappa shape index (κ2) is 5.75. The van der Waals surface area contributed by atoms with Crippen molar-refractivity contribution < 1.29 is 22.4 Å².